The second-order valence-electron chi connectivity index (χ2n) is 13.0. The highest BCUT2D eigenvalue weighted by Gasteiger charge is 2.42. The number of amides is 6. The molecule has 280 valence electrons. The van der Waals surface area contributed by atoms with Gasteiger partial charge in [0.15, 0.2) is 0 Å². The summed E-state index contributed by atoms with van der Waals surface area (Å²) >= 11 is 1.87. The number of nitrogens with zero attached hydrogens (tertiary/aromatic N) is 9. The number of aryl methyl sites for hydroxylation is 2. The summed E-state index contributed by atoms with van der Waals surface area (Å²) in [4.78, 5) is 81.2. The first kappa shape index (κ1) is 39.2. The maximum atomic E-state index is 13.9. The normalized spacial score (nSPS) is 18.5. The molecule has 6 N–H and O–H groups in total. The number of fused-ring (bicyclic) bond motifs is 1. The predicted molar refractivity (Wildman–Crippen MR) is 185 cm³/mol. The van der Waals surface area contributed by atoms with Crippen LogP contribution in [0.15, 0.2) is 12.4 Å². The summed E-state index contributed by atoms with van der Waals surface area (Å²) < 4.78 is 2.91. The number of carbonyl (C=O) groups is 6. The lowest BCUT2D eigenvalue weighted by Crippen LogP contribution is -2.54. The molecule has 2 aliphatic heterocycles. The van der Waals surface area contributed by atoms with Gasteiger partial charge in [-0.1, -0.05) is 23.8 Å². The molecule has 4 atom stereocenters. The van der Waals surface area contributed by atoms with Crippen LogP contribution >= 0.6 is 11.8 Å². The number of aromatic nitrogens is 6. The first-order valence-electron chi connectivity index (χ1n) is 17.1. The summed E-state index contributed by atoms with van der Waals surface area (Å²) in [6, 6.07) is -0.868. The smallest absolute Gasteiger partial charge is 0.247 e. The molecule has 0 saturated carbocycles. The molecular formula is C31H49N13O6S. The van der Waals surface area contributed by atoms with Crippen molar-refractivity contribution in [2.45, 2.75) is 75.9 Å². The van der Waals surface area contributed by atoms with E-state index >= 15 is 0 Å². The van der Waals surface area contributed by atoms with Gasteiger partial charge < -0.3 is 36.8 Å². The monoisotopic (exact) mass is 731 g/mol. The van der Waals surface area contributed by atoms with Crippen LogP contribution in [0.2, 0.25) is 0 Å². The Hall–Kier alpha value is -4.59. The number of thioether (sulfide) groups is 1. The summed E-state index contributed by atoms with van der Waals surface area (Å²) in [5, 5.41) is 21.9. The largest absolute Gasteiger partial charge is 0.368 e. The predicted octanol–water partition coefficient (Wildman–Crippen LogP) is -2.35. The molecule has 0 aliphatic carbocycles. The van der Waals surface area contributed by atoms with E-state index in [1.165, 1.54) is 24.1 Å². The van der Waals surface area contributed by atoms with Crippen molar-refractivity contribution in [2.75, 3.05) is 38.5 Å². The third-order valence-corrected chi connectivity index (χ3v) is 10.3. The molecule has 0 bridgehead atoms. The van der Waals surface area contributed by atoms with Crippen LogP contribution in [0.1, 0.15) is 56.8 Å². The zero-order valence-electron chi connectivity index (χ0n) is 29.4. The standard InChI is InChI=1S/C31H49N13O6S/c1-4-9-42(17-30(49)43(16-26(33)45)14-20-12-40(2)38-36-20)29(48)18-44(15-21-13-41(3)39-37-21)31(50)23(11-32)34-27(46)8-6-5-7-25-22-10-28(47)35-24(22)19-51-25/h12-13,22-25H,4-11,14-19,32H2,1-3H3,(H2,33,45)(H,34,46)(H,35,47)/t22-,23?,24-,25-/m0/s1. The van der Waals surface area contributed by atoms with E-state index in [0.29, 0.717) is 41.8 Å². The Morgan fingerprint density at radius 1 is 0.980 bits per heavy atom. The quantitative estimate of drug-likeness (QED) is 0.105. The average molecular weight is 732 g/mol. The van der Waals surface area contributed by atoms with E-state index < -0.39 is 42.8 Å². The number of rotatable bonds is 20. The second kappa shape index (κ2) is 18.6. The van der Waals surface area contributed by atoms with Crippen molar-refractivity contribution < 1.29 is 28.8 Å². The lowest BCUT2D eigenvalue weighted by molar-refractivity contribution is -0.146. The van der Waals surface area contributed by atoms with Crippen LogP contribution in [-0.4, -0.2) is 136 Å². The highest BCUT2D eigenvalue weighted by molar-refractivity contribution is 8.00. The molecule has 1 unspecified atom stereocenters. The molecule has 6 amide bonds. The fourth-order valence-electron chi connectivity index (χ4n) is 6.32. The topological polar surface area (TPSA) is 250 Å². The van der Waals surface area contributed by atoms with Gasteiger partial charge in [-0.3, -0.25) is 38.1 Å². The molecular weight excluding hydrogens is 682 g/mol. The molecule has 2 aromatic rings. The van der Waals surface area contributed by atoms with E-state index in [1.807, 2.05) is 18.7 Å². The van der Waals surface area contributed by atoms with Crippen molar-refractivity contribution in [1.82, 2.24) is 55.3 Å². The minimum Gasteiger partial charge on any atom is -0.368 e. The van der Waals surface area contributed by atoms with Gasteiger partial charge in [0.1, 0.15) is 24.0 Å². The fourth-order valence-corrected chi connectivity index (χ4v) is 7.97. The van der Waals surface area contributed by atoms with Crippen LogP contribution in [-0.2, 0) is 56.0 Å². The Bertz CT molecular complexity index is 1550. The van der Waals surface area contributed by atoms with Crippen molar-refractivity contribution in [3.63, 3.8) is 0 Å². The third-order valence-electron chi connectivity index (χ3n) is 8.78. The van der Waals surface area contributed by atoms with Gasteiger partial charge in [0, 0.05) is 75.4 Å². The molecule has 4 rings (SSSR count). The minimum atomic E-state index is -1.11. The Labute approximate surface area is 300 Å². The van der Waals surface area contributed by atoms with Crippen LogP contribution in [0, 0.1) is 5.92 Å². The first-order valence-corrected chi connectivity index (χ1v) is 18.1. The van der Waals surface area contributed by atoms with Gasteiger partial charge in [-0.2, -0.15) is 11.8 Å². The van der Waals surface area contributed by atoms with Gasteiger partial charge in [-0.25, -0.2) is 0 Å². The minimum absolute atomic E-state index is 0.0437. The zero-order chi connectivity index (χ0) is 37.1. The highest BCUT2D eigenvalue weighted by atomic mass is 32.2. The van der Waals surface area contributed by atoms with Crippen molar-refractivity contribution in [1.29, 1.82) is 0 Å². The zero-order valence-corrected chi connectivity index (χ0v) is 30.2. The van der Waals surface area contributed by atoms with E-state index in [4.69, 9.17) is 11.5 Å². The van der Waals surface area contributed by atoms with E-state index in [1.54, 1.807) is 26.5 Å². The van der Waals surface area contributed by atoms with Gasteiger partial charge in [0.2, 0.25) is 35.4 Å². The Morgan fingerprint density at radius 3 is 2.20 bits per heavy atom. The number of nitrogens with two attached hydrogens (primary N) is 2. The van der Waals surface area contributed by atoms with Gasteiger partial charge in [0.25, 0.3) is 0 Å². The molecule has 2 saturated heterocycles. The summed E-state index contributed by atoms with van der Waals surface area (Å²) in [5.41, 5.74) is 12.2. The lowest BCUT2D eigenvalue weighted by atomic mass is 9.94. The van der Waals surface area contributed by atoms with Crippen molar-refractivity contribution in [3.05, 3.63) is 23.8 Å². The van der Waals surface area contributed by atoms with E-state index in [9.17, 15) is 28.8 Å². The van der Waals surface area contributed by atoms with E-state index in [-0.39, 0.29) is 57.0 Å². The molecule has 2 fully saturated rings. The van der Waals surface area contributed by atoms with Crippen LogP contribution in [0.3, 0.4) is 0 Å². The SMILES string of the molecule is CCCN(CC(=O)N(CC(N)=O)Cc1cn(C)nn1)C(=O)CN(Cc1cn(C)nn1)C(=O)C(CN)NC(=O)CCCC[C@@H]1SC[C@@H]2NC(=O)C[C@@H]21. The Morgan fingerprint density at radius 2 is 1.61 bits per heavy atom. The van der Waals surface area contributed by atoms with Gasteiger partial charge in [-0.05, 0) is 19.3 Å². The van der Waals surface area contributed by atoms with Crippen LogP contribution in [0.5, 0.6) is 0 Å². The first-order chi connectivity index (χ1) is 24.4. The summed E-state index contributed by atoms with van der Waals surface area (Å²) in [6.45, 7) is 0.474. The van der Waals surface area contributed by atoms with Gasteiger partial charge in [-0.15, -0.1) is 10.2 Å². The molecule has 0 spiro atoms. The molecule has 20 heteroatoms. The Kier molecular flexibility index (Phi) is 14.3. The van der Waals surface area contributed by atoms with Gasteiger partial charge >= 0.3 is 0 Å². The van der Waals surface area contributed by atoms with Gasteiger partial charge in [0.05, 0.1) is 26.2 Å². The molecule has 2 aliphatic rings. The molecule has 4 heterocycles. The van der Waals surface area contributed by atoms with Crippen LogP contribution < -0.4 is 22.1 Å². The number of carbonyl (C=O) groups excluding carboxylic acids is 6. The summed E-state index contributed by atoms with van der Waals surface area (Å²) in [6.07, 6.45) is 6.77. The van der Waals surface area contributed by atoms with Crippen molar-refractivity contribution >= 4 is 47.2 Å². The number of hydrogen-bond donors (Lipinski definition) is 4. The maximum Gasteiger partial charge on any atom is 0.247 e. The Balaban J connectivity index is 1.37. The molecule has 0 radical (unpaired) electrons. The lowest BCUT2D eigenvalue weighted by Gasteiger charge is -2.30. The number of primary amides is 1. The molecule has 0 aromatic carbocycles. The van der Waals surface area contributed by atoms with E-state index in [2.05, 4.69) is 31.3 Å². The van der Waals surface area contributed by atoms with Crippen LogP contribution in [0.4, 0.5) is 0 Å². The third kappa shape index (κ3) is 11.5. The van der Waals surface area contributed by atoms with E-state index in [0.717, 1.165) is 18.6 Å². The van der Waals surface area contributed by atoms with Crippen molar-refractivity contribution in [2.24, 2.45) is 31.5 Å². The number of nitrogens with one attached hydrogen (secondary N) is 2. The van der Waals surface area contributed by atoms with Crippen LogP contribution in [0.25, 0.3) is 0 Å². The highest BCUT2D eigenvalue weighted by Crippen LogP contribution is 2.40. The summed E-state index contributed by atoms with van der Waals surface area (Å²) in [7, 11) is 3.33. The summed E-state index contributed by atoms with van der Waals surface area (Å²) in [5.74, 6) is -1.37. The number of unbranched alkanes of at least 4 members (excludes halogenated alkanes) is 1. The molecule has 2 aromatic heterocycles. The van der Waals surface area contributed by atoms with Crippen molar-refractivity contribution in [3.8, 4) is 0 Å². The molecule has 51 heavy (non-hydrogen) atoms. The number of hydrogen-bond acceptors (Lipinski definition) is 12. The maximum absolute atomic E-state index is 13.9. The second-order valence-corrected chi connectivity index (χ2v) is 14.3. The average Bonchev–Trinajstić information content (AvgIpc) is 3.86. The fraction of sp³-hybridized carbons (Fsp3) is 0.677. The molecule has 19 nitrogen and oxygen atoms in total.